The molecule has 0 unspecified atom stereocenters. The van der Waals surface area contributed by atoms with Crippen LogP contribution in [0, 0.1) is 0 Å². The third-order valence-corrected chi connectivity index (χ3v) is 8.19. The third-order valence-electron chi connectivity index (χ3n) is 5.34. The first-order valence-electron chi connectivity index (χ1n) is 10.2. The molecule has 0 radical (unpaired) electrons. The maximum absolute atomic E-state index is 12.5. The molecule has 2 atom stereocenters. The smallest absolute Gasteiger partial charge is 0.233 e. The first-order valence-corrected chi connectivity index (χ1v) is 12.9. The zero-order valence-electron chi connectivity index (χ0n) is 17.0. The van der Waals surface area contributed by atoms with Crippen molar-refractivity contribution in [1.82, 2.24) is 25.0 Å². The van der Waals surface area contributed by atoms with Gasteiger partial charge in [0, 0.05) is 25.6 Å². The molecule has 0 aromatic carbocycles. The van der Waals surface area contributed by atoms with E-state index < -0.39 is 15.1 Å². The third kappa shape index (κ3) is 5.71. The summed E-state index contributed by atoms with van der Waals surface area (Å²) in [4.78, 5) is 26.6. The number of nitrogens with zero attached hydrogens (tertiary/aromatic N) is 4. The first-order chi connectivity index (χ1) is 13.8. The lowest BCUT2D eigenvalue weighted by molar-refractivity contribution is -0.131. The van der Waals surface area contributed by atoms with E-state index in [4.69, 9.17) is 0 Å². The van der Waals surface area contributed by atoms with E-state index in [0.29, 0.717) is 31.1 Å². The Morgan fingerprint density at radius 3 is 2.79 bits per heavy atom. The van der Waals surface area contributed by atoms with Crippen LogP contribution in [0.5, 0.6) is 0 Å². The van der Waals surface area contributed by atoms with Crippen LogP contribution < -0.4 is 5.32 Å². The van der Waals surface area contributed by atoms with Crippen molar-refractivity contribution in [3.63, 3.8) is 0 Å². The molecule has 1 aromatic rings. The van der Waals surface area contributed by atoms with E-state index in [1.165, 1.54) is 11.8 Å². The Labute approximate surface area is 175 Å². The zero-order valence-corrected chi connectivity index (χ0v) is 18.6. The van der Waals surface area contributed by atoms with Gasteiger partial charge in [0.2, 0.25) is 11.8 Å². The standard InChI is InChI=1S/C18H29N5O4S2/c1-3-23-15(11-22-9-6-4-5-7-16(22)24)20-21-18(23)28-13(2)17(25)19-14-8-10-29(26,27)12-14/h13-14H,3-12H2,1-2H3,(H,19,25)/t13-,14+/m1/s1. The summed E-state index contributed by atoms with van der Waals surface area (Å²) in [6.45, 7) is 5.56. The molecule has 162 valence electrons. The van der Waals surface area contributed by atoms with Gasteiger partial charge >= 0.3 is 0 Å². The number of carbonyl (C=O) groups excluding carboxylic acids is 2. The van der Waals surface area contributed by atoms with E-state index in [1.807, 2.05) is 16.4 Å². The number of nitrogens with one attached hydrogen (secondary N) is 1. The normalized spacial score (nSPS) is 23.0. The molecular weight excluding hydrogens is 414 g/mol. The van der Waals surface area contributed by atoms with Crippen molar-refractivity contribution < 1.29 is 18.0 Å². The Hall–Kier alpha value is -1.62. The van der Waals surface area contributed by atoms with Crippen LogP contribution in [-0.4, -0.2) is 69.2 Å². The molecule has 11 heteroatoms. The summed E-state index contributed by atoms with van der Waals surface area (Å²) < 4.78 is 25.1. The van der Waals surface area contributed by atoms with Crippen molar-refractivity contribution in [3.05, 3.63) is 5.82 Å². The quantitative estimate of drug-likeness (QED) is 0.625. The number of likely N-dealkylation sites (tertiary alicyclic amines) is 1. The Balaban J connectivity index is 1.61. The van der Waals surface area contributed by atoms with Gasteiger partial charge in [0.05, 0.1) is 23.3 Å². The highest BCUT2D eigenvalue weighted by Crippen LogP contribution is 2.24. The van der Waals surface area contributed by atoms with Gasteiger partial charge in [-0.1, -0.05) is 18.2 Å². The van der Waals surface area contributed by atoms with Crippen molar-refractivity contribution in [1.29, 1.82) is 0 Å². The first kappa shape index (κ1) is 22.1. The van der Waals surface area contributed by atoms with Crippen LogP contribution in [0.15, 0.2) is 5.16 Å². The van der Waals surface area contributed by atoms with Crippen molar-refractivity contribution in [3.8, 4) is 0 Å². The SMILES string of the molecule is CCn1c(CN2CCCCCC2=O)nnc1S[C@H](C)C(=O)N[C@H]1CCS(=O)(=O)C1. The number of thioether (sulfide) groups is 1. The van der Waals surface area contributed by atoms with Gasteiger partial charge in [-0.3, -0.25) is 9.59 Å². The van der Waals surface area contributed by atoms with E-state index in [1.54, 1.807) is 6.92 Å². The van der Waals surface area contributed by atoms with Crippen LogP contribution in [0.25, 0.3) is 0 Å². The molecule has 3 rings (SSSR count). The summed E-state index contributed by atoms with van der Waals surface area (Å²) in [5.41, 5.74) is 0. The predicted octanol–water partition coefficient (Wildman–Crippen LogP) is 0.985. The highest BCUT2D eigenvalue weighted by atomic mass is 32.2. The van der Waals surface area contributed by atoms with Crippen molar-refractivity contribution in [2.75, 3.05) is 18.1 Å². The van der Waals surface area contributed by atoms with E-state index in [0.717, 1.165) is 31.6 Å². The van der Waals surface area contributed by atoms with Crippen LogP contribution in [0.3, 0.4) is 0 Å². The summed E-state index contributed by atoms with van der Waals surface area (Å²) in [6, 6.07) is -0.316. The van der Waals surface area contributed by atoms with Crippen LogP contribution in [0.4, 0.5) is 0 Å². The number of sulfone groups is 1. The Kier molecular flexibility index (Phi) is 7.20. The molecule has 29 heavy (non-hydrogen) atoms. The van der Waals surface area contributed by atoms with Crippen LogP contribution >= 0.6 is 11.8 Å². The highest BCUT2D eigenvalue weighted by molar-refractivity contribution is 8.00. The Morgan fingerprint density at radius 2 is 2.10 bits per heavy atom. The predicted molar refractivity (Wildman–Crippen MR) is 110 cm³/mol. The molecular formula is C18H29N5O4S2. The summed E-state index contributed by atoms with van der Waals surface area (Å²) in [5.74, 6) is 0.811. The summed E-state index contributed by atoms with van der Waals surface area (Å²) in [5, 5.41) is 11.5. The van der Waals surface area contributed by atoms with E-state index >= 15 is 0 Å². The average Bonchev–Trinajstić information content (AvgIpc) is 3.14. The lowest BCUT2D eigenvalue weighted by Crippen LogP contribution is -2.40. The molecule has 0 bridgehead atoms. The van der Waals surface area contributed by atoms with Gasteiger partial charge < -0.3 is 14.8 Å². The molecule has 2 aliphatic rings. The van der Waals surface area contributed by atoms with Gasteiger partial charge in [-0.25, -0.2) is 8.42 Å². The zero-order chi connectivity index (χ0) is 21.0. The lowest BCUT2D eigenvalue weighted by Gasteiger charge is -2.20. The molecule has 1 aromatic heterocycles. The number of hydrogen-bond donors (Lipinski definition) is 1. The molecule has 0 spiro atoms. The number of rotatable bonds is 7. The molecule has 2 amide bonds. The number of aromatic nitrogens is 3. The molecule has 2 saturated heterocycles. The van der Waals surface area contributed by atoms with Gasteiger partial charge in [0.25, 0.3) is 0 Å². The molecule has 1 N–H and O–H groups in total. The molecule has 9 nitrogen and oxygen atoms in total. The van der Waals surface area contributed by atoms with Crippen molar-refractivity contribution in [2.45, 2.75) is 75.5 Å². The number of amides is 2. The van der Waals surface area contributed by atoms with Gasteiger partial charge in [-0.15, -0.1) is 10.2 Å². The average molecular weight is 444 g/mol. The fourth-order valence-electron chi connectivity index (χ4n) is 3.66. The van der Waals surface area contributed by atoms with E-state index in [-0.39, 0.29) is 29.4 Å². The maximum Gasteiger partial charge on any atom is 0.233 e. The van der Waals surface area contributed by atoms with Crippen molar-refractivity contribution >= 4 is 33.4 Å². The van der Waals surface area contributed by atoms with Crippen molar-refractivity contribution in [2.24, 2.45) is 0 Å². The maximum atomic E-state index is 12.5. The summed E-state index contributed by atoms with van der Waals surface area (Å²) in [6.07, 6.45) is 4.05. The van der Waals surface area contributed by atoms with Gasteiger partial charge in [0.1, 0.15) is 0 Å². The van der Waals surface area contributed by atoms with Crippen LogP contribution in [0.1, 0.15) is 51.8 Å². The molecule has 2 fully saturated rings. The number of carbonyl (C=O) groups is 2. The van der Waals surface area contributed by atoms with Gasteiger partial charge in [0.15, 0.2) is 20.8 Å². The van der Waals surface area contributed by atoms with Crippen LogP contribution in [0.2, 0.25) is 0 Å². The Morgan fingerprint density at radius 1 is 1.31 bits per heavy atom. The molecule has 2 aliphatic heterocycles. The second kappa shape index (κ2) is 9.46. The van der Waals surface area contributed by atoms with Gasteiger partial charge in [-0.05, 0) is 33.1 Å². The largest absolute Gasteiger partial charge is 0.351 e. The fraction of sp³-hybridized carbons (Fsp3) is 0.778. The molecule has 0 saturated carbocycles. The second-order valence-electron chi connectivity index (χ2n) is 7.64. The molecule has 3 heterocycles. The lowest BCUT2D eigenvalue weighted by atomic mass is 10.2. The Bertz CT molecular complexity index is 854. The second-order valence-corrected chi connectivity index (χ2v) is 11.2. The fourth-order valence-corrected chi connectivity index (χ4v) is 6.27. The number of hydrogen-bond acceptors (Lipinski definition) is 7. The summed E-state index contributed by atoms with van der Waals surface area (Å²) in [7, 11) is -3.03. The monoisotopic (exact) mass is 443 g/mol. The minimum absolute atomic E-state index is 0.00921. The van der Waals surface area contributed by atoms with Gasteiger partial charge in [-0.2, -0.15) is 0 Å². The van der Waals surface area contributed by atoms with Crippen LogP contribution in [-0.2, 0) is 32.5 Å². The van der Waals surface area contributed by atoms with E-state index in [9.17, 15) is 18.0 Å². The highest BCUT2D eigenvalue weighted by Gasteiger charge is 2.30. The molecule has 0 aliphatic carbocycles. The summed E-state index contributed by atoms with van der Waals surface area (Å²) >= 11 is 1.30. The minimum atomic E-state index is -3.03. The van der Waals surface area contributed by atoms with E-state index in [2.05, 4.69) is 15.5 Å². The topological polar surface area (TPSA) is 114 Å². The minimum Gasteiger partial charge on any atom is -0.351 e.